The van der Waals surface area contributed by atoms with Crippen molar-refractivity contribution < 1.29 is 5.11 Å². The summed E-state index contributed by atoms with van der Waals surface area (Å²) < 4.78 is 0. The molecule has 2 aliphatic heterocycles. The first-order chi connectivity index (χ1) is 8.17. The molecule has 3 nitrogen and oxygen atoms in total. The molecule has 2 N–H and O–H groups in total. The molecule has 0 aromatic heterocycles. The summed E-state index contributed by atoms with van der Waals surface area (Å²) in [5.41, 5.74) is 2.11. The molecule has 0 spiro atoms. The summed E-state index contributed by atoms with van der Waals surface area (Å²) in [6, 6.07) is 0. The Morgan fingerprint density at radius 1 is 1.41 bits per heavy atom. The fourth-order valence-corrected chi connectivity index (χ4v) is 3.20. The fourth-order valence-electron chi connectivity index (χ4n) is 3.20. The zero-order valence-corrected chi connectivity index (χ0v) is 10.6. The number of likely N-dealkylation sites (tertiary alicyclic amines) is 1. The van der Waals surface area contributed by atoms with Gasteiger partial charge in [0.05, 0.1) is 5.60 Å². The molecule has 0 radical (unpaired) electrons. The van der Waals surface area contributed by atoms with E-state index in [0.717, 1.165) is 45.4 Å². The summed E-state index contributed by atoms with van der Waals surface area (Å²) in [5.74, 6) is 0.689. The second-order valence-electron chi connectivity index (χ2n) is 5.78. The summed E-state index contributed by atoms with van der Waals surface area (Å²) in [5, 5.41) is 14.2. The van der Waals surface area contributed by atoms with Crippen LogP contribution in [-0.2, 0) is 0 Å². The van der Waals surface area contributed by atoms with Crippen LogP contribution >= 0.6 is 0 Å². The lowest BCUT2D eigenvalue weighted by atomic mass is 9.78. The van der Waals surface area contributed by atoms with Crippen molar-refractivity contribution in [3.8, 4) is 0 Å². The molecule has 3 aliphatic rings. The van der Waals surface area contributed by atoms with Gasteiger partial charge in [-0.15, -0.1) is 0 Å². The van der Waals surface area contributed by atoms with E-state index < -0.39 is 5.60 Å². The monoisotopic (exact) mass is 234 g/mol. The Kier molecular flexibility index (Phi) is 2.85. The van der Waals surface area contributed by atoms with E-state index in [9.17, 15) is 5.11 Å². The highest BCUT2D eigenvalue weighted by Crippen LogP contribution is 2.36. The van der Waals surface area contributed by atoms with Gasteiger partial charge < -0.3 is 15.3 Å². The highest BCUT2D eigenvalue weighted by Gasteiger charge is 2.36. The van der Waals surface area contributed by atoms with E-state index in [4.69, 9.17) is 0 Å². The Morgan fingerprint density at radius 2 is 2.18 bits per heavy atom. The maximum Gasteiger partial charge on any atom is 0.0917 e. The van der Waals surface area contributed by atoms with Crippen molar-refractivity contribution in [2.75, 3.05) is 33.2 Å². The number of nitrogens with one attached hydrogen (secondary N) is 1. The minimum absolute atomic E-state index is 0.562. The maximum absolute atomic E-state index is 10.8. The quantitative estimate of drug-likeness (QED) is 0.708. The summed E-state index contributed by atoms with van der Waals surface area (Å²) >= 11 is 0. The Bertz CT molecular complexity index is 364. The van der Waals surface area contributed by atoms with Crippen LogP contribution in [0.15, 0.2) is 23.3 Å². The van der Waals surface area contributed by atoms with Crippen molar-refractivity contribution in [1.82, 2.24) is 10.2 Å². The highest BCUT2D eigenvalue weighted by molar-refractivity contribution is 5.38. The molecule has 1 unspecified atom stereocenters. The first-order valence-corrected chi connectivity index (χ1v) is 6.70. The number of nitrogens with zero attached hydrogens (tertiary/aromatic N) is 1. The molecule has 0 bridgehead atoms. The molecule has 1 atom stereocenters. The van der Waals surface area contributed by atoms with Gasteiger partial charge in [-0.25, -0.2) is 0 Å². The molecule has 17 heavy (non-hydrogen) atoms. The lowest BCUT2D eigenvalue weighted by molar-refractivity contribution is 0.0186. The number of rotatable bonds is 1. The average Bonchev–Trinajstić information content (AvgIpc) is 2.80. The van der Waals surface area contributed by atoms with Crippen LogP contribution < -0.4 is 5.32 Å². The van der Waals surface area contributed by atoms with Crippen LogP contribution in [0, 0.1) is 5.92 Å². The molecule has 2 saturated heterocycles. The van der Waals surface area contributed by atoms with Gasteiger partial charge in [0.2, 0.25) is 0 Å². The largest absolute Gasteiger partial charge is 0.385 e. The van der Waals surface area contributed by atoms with Gasteiger partial charge in [-0.2, -0.15) is 0 Å². The molecule has 3 rings (SSSR count). The molecule has 2 fully saturated rings. The minimum Gasteiger partial charge on any atom is -0.385 e. The number of allylic oxidation sites excluding steroid dienone is 1. The third-order valence-corrected chi connectivity index (χ3v) is 4.56. The Morgan fingerprint density at radius 3 is 2.94 bits per heavy atom. The van der Waals surface area contributed by atoms with Gasteiger partial charge in [0.25, 0.3) is 0 Å². The molecule has 0 aromatic rings. The van der Waals surface area contributed by atoms with E-state index >= 15 is 0 Å². The number of hydrogen-bond acceptors (Lipinski definition) is 3. The average molecular weight is 234 g/mol. The second-order valence-corrected chi connectivity index (χ2v) is 5.78. The van der Waals surface area contributed by atoms with Crippen LogP contribution in [0.5, 0.6) is 0 Å². The first-order valence-electron chi connectivity index (χ1n) is 6.70. The van der Waals surface area contributed by atoms with Gasteiger partial charge in [0.1, 0.15) is 0 Å². The van der Waals surface area contributed by atoms with Crippen LogP contribution in [0.1, 0.15) is 19.3 Å². The number of hydrogen-bond donors (Lipinski definition) is 2. The molecule has 0 saturated carbocycles. The van der Waals surface area contributed by atoms with Crippen LogP contribution in [-0.4, -0.2) is 48.8 Å². The van der Waals surface area contributed by atoms with Gasteiger partial charge in [0.15, 0.2) is 0 Å². The van der Waals surface area contributed by atoms with Gasteiger partial charge in [-0.1, -0.05) is 17.7 Å². The summed E-state index contributed by atoms with van der Waals surface area (Å²) in [4.78, 5) is 2.30. The fraction of sp³-hybridized carbons (Fsp3) is 0.714. The van der Waals surface area contributed by atoms with E-state index in [1.54, 1.807) is 0 Å². The van der Waals surface area contributed by atoms with Crippen LogP contribution in [0.2, 0.25) is 0 Å². The Labute approximate surface area is 103 Å². The zero-order valence-electron chi connectivity index (χ0n) is 10.6. The van der Waals surface area contributed by atoms with Crippen LogP contribution in [0.25, 0.3) is 0 Å². The SMILES string of the molecule is CN1CCC(O)(C2=CCC3CNCC3=C2)CC1. The normalized spacial score (nSPS) is 32.9. The van der Waals surface area contributed by atoms with Crippen molar-refractivity contribution in [2.24, 2.45) is 5.92 Å². The maximum atomic E-state index is 10.8. The molecular formula is C14H22N2O. The molecule has 2 heterocycles. The number of aliphatic hydroxyl groups is 1. The number of fused-ring (bicyclic) bond motifs is 1. The topological polar surface area (TPSA) is 35.5 Å². The van der Waals surface area contributed by atoms with E-state index in [-0.39, 0.29) is 0 Å². The Hall–Kier alpha value is -0.640. The van der Waals surface area contributed by atoms with E-state index in [0.29, 0.717) is 5.92 Å². The van der Waals surface area contributed by atoms with Crippen molar-refractivity contribution in [3.63, 3.8) is 0 Å². The van der Waals surface area contributed by atoms with E-state index in [1.165, 1.54) is 11.1 Å². The molecule has 0 aromatic carbocycles. The number of piperidine rings is 1. The van der Waals surface area contributed by atoms with E-state index in [2.05, 4.69) is 29.4 Å². The standard InChI is InChI=1S/C14H22N2O/c1-16-6-4-14(17,5-7-16)13-3-2-11-9-15-10-12(11)8-13/h3,8,11,15,17H,2,4-7,9-10H2,1H3. The van der Waals surface area contributed by atoms with E-state index in [1.807, 2.05) is 0 Å². The van der Waals surface area contributed by atoms with Crippen molar-refractivity contribution in [2.45, 2.75) is 24.9 Å². The molecular weight excluding hydrogens is 212 g/mol. The van der Waals surface area contributed by atoms with Crippen LogP contribution in [0.3, 0.4) is 0 Å². The molecule has 94 valence electrons. The van der Waals surface area contributed by atoms with Gasteiger partial charge in [-0.3, -0.25) is 0 Å². The van der Waals surface area contributed by atoms with Crippen molar-refractivity contribution >= 4 is 0 Å². The third-order valence-electron chi connectivity index (χ3n) is 4.56. The summed E-state index contributed by atoms with van der Waals surface area (Å²) in [6.45, 7) is 4.12. The molecule has 3 heteroatoms. The molecule has 0 amide bonds. The minimum atomic E-state index is -0.562. The second kappa shape index (κ2) is 4.23. The van der Waals surface area contributed by atoms with Crippen molar-refractivity contribution in [3.05, 3.63) is 23.3 Å². The van der Waals surface area contributed by atoms with Gasteiger partial charge in [0, 0.05) is 26.2 Å². The Balaban J connectivity index is 1.78. The zero-order chi connectivity index (χ0) is 11.9. The summed E-state index contributed by atoms with van der Waals surface area (Å²) in [7, 11) is 2.13. The van der Waals surface area contributed by atoms with Gasteiger partial charge in [-0.05, 0) is 37.8 Å². The van der Waals surface area contributed by atoms with Crippen molar-refractivity contribution in [1.29, 1.82) is 0 Å². The third kappa shape index (κ3) is 2.07. The van der Waals surface area contributed by atoms with Gasteiger partial charge >= 0.3 is 0 Å². The smallest absolute Gasteiger partial charge is 0.0917 e. The first kappa shape index (κ1) is 11.5. The highest BCUT2D eigenvalue weighted by atomic mass is 16.3. The molecule has 1 aliphatic carbocycles. The lowest BCUT2D eigenvalue weighted by Crippen LogP contribution is -2.44. The van der Waals surface area contributed by atoms with Crippen LogP contribution in [0.4, 0.5) is 0 Å². The lowest BCUT2D eigenvalue weighted by Gasteiger charge is -2.38. The predicted octanol–water partition coefficient (Wildman–Crippen LogP) is 0.919. The summed E-state index contributed by atoms with van der Waals surface area (Å²) in [6.07, 6.45) is 7.38. The predicted molar refractivity (Wildman–Crippen MR) is 68.8 cm³/mol.